The third-order valence-corrected chi connectivity index (χ3v) is 8.09. The number of carbonyl (C=O) groups excluding carboxylic acids is 1. The van der Waals surface area contributed by atoms with Crippen molar-refractivity contribution in [3.63, 3.8) is 0 Å². The lowest BCUT2D eigenvalue weighted by Crippen LogP contribution is -2.52. The molecular formula is C22H20Cl2N2O6S. The van der Waals surface area contributed by atoms with Gasteiger partial charge in [0.05, 0.1) is 15.2 Å². The van der Waals surface area contributed by atoms with E-state index in [1.807, 2.05) is 6.07 Å². The summed E-state index contributed by atoms with van der Waals surface area (Å²) in [6.45, 7) is -0.0654. The summed E-state index contributed by atoms with van der Waals surface area (Å²) in [6, 6.07) is 7.89. The molecule has 0 saturated carbocycles. The SMILES string of the molecule is COCCC(C(=O)O)(C(=O)O)[C@@H]1c2ccccc2C[C@H]1NC(=O)c1cc2sc(Cl)c(Cl)c2[nH]1. The summed E-state index contributed by atoms with van der Waals surface area (Å²) in [5.74, 6) is -4.45. The molecule has 1 aromatic carbocycles. The zero-order valence-corrected chi connectivity index (χ0v) is 19.7. The Labute approximate surface area is 202 Å². The third-order valence-electron chi connectivity index (χ3n) is 6.16. The Kier molecular flexibility index (Phi) is 6.41. The lowest BCUT2D eigenvalue weighted by atomic mass is 9.68. The topological polar surface area (TPSA) is 129 Å². The fourth-order valence-corrected chi connectivity index (χ4v) is 6.10. The summed E-state index contributed by atoms with van der Waals surface area (Å²) < 4.78 is 6.14. The van der Waals surface area contributed by atoms with Gasteiger partial charge in [0.25, 0.3) is 5.91 Å². The van der Waals surface area contributed by atoms with E-state index in [2.05, 4.69) is 10.3 Å². The number of amides is 1. The number of aromatic amines is 1. The number of H-pyrrole nitrogens is 1. The molecule has 4 rings (SSSR count). The van der Waals surface area contributed by atoms with Crippen molar-refractivity contribution in [1.29, 1.82) is 0 Å². The number of rotatable bonds is 8. The van der Waals surface area contributed by atoms with E-state index in [9.17, 15) is 24.6 Å². The monoisotopic (exact) mass is 510 g/mol. The van der Waals surface area contributed by atoms with Crippen molar-refractivity contribution in [3.05, 3.63) is 56.5 Å². The first-order valence-electron chi connectivity index (χ1n) is 10.0. The summed E-state index contributed by atoms with van der Waals surface area (Å²) in [6.07, 6.45) is 0.0371. The van der Waals surface area contributed by atoms with Crippen LogP contribution in [0.15, 0.2) is 30.3 Å². The summed E-state index contributed by atoms with van der Waals surface area (Å²) in [5.41, 5.74) is -0.0513. The molecule has 2 atom stereocenters. The molecule has 174 valence electrons. The zero-order chi connectivity index (χ0) is 23.9. The Bertz CT molecular complexity index is 1240. The first-order valence-corrected chi connectivity index (χ1v) is 11.6. The first kappa shape index (κ1) is 23.6. The standard InChI is InChI=1S/C22H20Cl2N2O6S/c1-32-7-6-22(20(28)29,21(30)31)15-11-5-3-2-4-10(11)8-12(15)26-19(27)13-9-14-17(25-13)16(23)18(24)33-14/h2-5,9,12,15,25H,6-8H2,1H3,(H,26,27)(H,28,29)(H,30,31)/t12-,15-/m1/s1. The highest BCUT2D eigenvalue weighted by atomic mass is 35.5. The number of fused-ring (bicyclic) bond motifs is 2. The van der Waals surface area contributed by atoms with Gasteiger partial charge in [0, 0.05) is 25.7 Å². The van der Waals surface area contributed by atoms with Gasteiger partial charge in [-0.15, -0.1) is 11.3 Å². The number of carboxylic acid groups (broad SMARTS) is 2. The predicted octanol–water partition coefficient (Wildman–Crippen LogP) is 4.17. The van der Waals surface area contributed by atoms with Crippen LogP contribution < -0.4 is 5.32 Å². The largest absolute Gasteiger partial charge is 0.480 e. The number of hydrogen-bond donors (Lipinski definition) is 4. The van der Waals surface area contributed by atoms with E-state index < -0.39 is 35.2 Å². The fourth-order valence-electron chi connectivity index (χ4n) is 4.62. The number of hydrogen-bond acceptors (Lipinski definition) is 5. The molecule has 0 unspecified atom stereocenters. The van der Waals surface area contributed by atoms with Crippen molar-refractivity contribution < 1.29 is 29.3 Å². The van der Waals surface area contributed by atoms with E-state index in [-0.39, 0.29) is 18.7 Å². The minimum absolute atomic E-state index is 0.0654. The number of aromatic nitrogens is 1. The third kappa shape index (κ3) is 3.89. The summed E-state index contributed by atoms with van der Waals surface area (Å²) >= 11 is 13.4. The van der Waals surface area contributed by atoms with Gasteiger partial charge in [-0.1, -0.05) is 47.5 Å². The first-order chi connectivity index (χ1) is 15.7. The lowest BCUT2D eigenvalue weighted by Gasteiger charge is -2.35. The van der Waals surface area contributed by atoms with E-state index in [4.69, 9.17) is 27.9 Å². The second-order valence-corrected chi connectivity index (χ2v) is 9.93. The Morgan fingerprint density at radius 3 is 2.58 bits per heavy atom. The number of carbonyl (C=O) groups is 3. The van der Waals surface area contributed by atoms with E-state index in [1.165, 1.54) is 18.4 Å². The molecule has 33 heavy (non-hydrogen) atoms. The predicted molar refractivity (Wildman–Crippen MR) is 125 cm³/mol. The molecular weight excluding hydrogens is 491 g/mol. The average Bonchev–Trinajstić information content (AvgIpc) is 3.42. The number of thiophene rings is 1. The normalized spacial score (nSPS) is 17.8. The summed E-state index contributed by atoms with van der Waals surface area (Å²) in [4.78, 5) is 40.9. The molecule has 0 spiro atoms. The summed E-state index contributed by atoms with van der Waals surface area (Å²) in [5, 5.41) is 23.4. The Morgan fingerprint density at radius 2 is 1.94 bits per heavy atom. The van der Waals surface area contributed by atoms with Gasteiger partial charge in [0.15, 0.2) is 5.41 Å². The van der Waals surface area contributed by atoms with Crippen LogP contribution in [-0.2, 0) is 20.7 Å². The number of nitrogens with one attached hydrogen (secondary N) is 2. The Balaban J connectivity index is 1.73. The van der Waals surface area contributed by atoms with Crippen LogP contribution in [0.25, 0.3) is 10.2 Å². The van der Waals surface area contributed by atoms with Crippen molar-refractivity contribution in [2.75, 3.05) is 13.7 Å². The number of aliphatic carboxylic acids is 2. The second kappa shape index (κ2) is 8.98. The maximum absolute atomic E-state index is 13.1. The average molecular weight is 511 g/mol. The molecule has 2 heterocycles. The number of ether oxygens (including phenoxy) is 1. The van der Waals surface area contributed by atoms with Crippen LogP contribution in [0.2, 0.25) is 9.36 Å². The molecule has 1 aliphatic carbocycles. The van der Waals surface area contributed by atoms with Gasteiger partial charge in [-0.05, 0) is 30.0 Å². The van der Waals surface area contributed by atoms with Gasteiger partial charge in [-0.3, -0.25) is 14.4 Å². The van der Waals surface area contributed by atoms with Crippen LogP contribution in [0.4, 0.5) is 0 Å². The minimum atomic E-state index is -2.19. The lowest BCUT2D eigenvalue weighted by molar-refractivity contribution is -0.169. The van der Waals surface area contributed by atoms with Crippen LogP contribution in [0.3, 0.4) is 0 Å². The molecule has 1 aliphatic rings. The molecule has 4 N–H and O–H groups in total. The van der Waals surface area contributed by atoms with Crippen molar-refractivity contribution in [2.45, 2.75) is 24.8 Å². The molecule has 0 fully saturated rings. The van der Waals surface area contributed by atoms with Gasteiger partial charge in [-0.2, -0.15) is 0 Å². The second-order valence-electron chi connectivity index (χ2n) is 7.90. The molecule has 3 aromatic rings. The van der Waals surface area contributed by atoms with Crippen LogP contribution in [0.1, 0.15) is 34.0 Å². The van der Waals surface area contributed by atoms with Crippen molar-refractivity contribution in [1.82, 2.24) is 10.3 Å². The van der Waals surface area contributed by atoms with Crippen LogP contribution in [-0.4, -0.2) is 52.8 Å². The van der Waals surface area contributed by atoms with E-state index in [0.717, 1.165) is 5.56 Å². The van der Waals surface area contributed by atoms with Gasteiger partial charge < -0.3 is 25.3 Å². The molecule has 0 bridgehead atoms. The number of methoxy groups -OCH3 is 1. The Hall–Kier alpha value is -2.59. The van der Waals surface area contributed by atoms with Crippen LogP contribution >= 0.6 is 34.5 Å². The summed E-state index contributed by atoms with van der Waals surface area (Å²) in [7, 11) is 1.38. The highest BCUT2D eigenvalue weighted by Crippen LogP contribution is 2.48. The maximum Gasteiger partial charge on any atom is 0.321 e. The zero-order valence-electron chi connectivity index (χ0n) is 17.4. The van der Waals surface area contributed by atoms with Crippen molar-refractivity contribution in [3.8, 4) is 0 Å². The van der Waals surface area contributed by atoms with Gasteiger partial charge in [0.1, 0.15) is 10.0 Å². The molecule has 0 radical (unpaired) electrons. The number of halogens is 2. The van der Waals surface area contributed by atoms with Crippen LogP contribution in [0.5, 0.6) is 0 Å². The highest BCUT2D eigenvalue weighted by molar-refractivity contribution is 7.23. The quantitative estimate of drug-likeness (QED) is 0.336. The molecule has 8 nitrogen and oxygen atoms in total. The van der Waals surface area contributed by atoms with Crippen molar-refractivity contribution >= 4 is 62.6 Å². The Morgan fingerprint density at radius 1 is 1.24 bits per heavy atom. The van der Waals surface area contributed by atoms with Gasteiger partial charge >= 0.3 is 11.9 Å². The van der Waals surface area contributed by atoms with Crippen LogP contribution in [0, 0.1) is 5.41 Å². The molecule has 0 saturated heterocycles. The number of carboxylic acids is 2. The fraction of sp³-hybridized carbons (Fsp3) is 0.318. The molecule has 0 aliphatic heterocycles. The highest BCUT2D eigenvalue weighted by Gasteiger charge is 2.58. The maximum atomic E-state index is 13.1. The minimum Gasteiger partial charge on any atom is -0.480 e. The molecule has 2 aromatic heterocycles. The molecule has 1 amide bonds. The van der Waals surface area contributed by atoms with E-state index in [1.54, 1.807) is 24.3 Å². The van der Waals surface area contributed by atoms with Gasteiger partial charge in [0.2, 0.25) is 0 Å². The van der Waals surface area contributed by atoms with Crippen molar-refractivity contribution in [2.24, 2.45) is 5.41 Å². The number of benzene rings is 1. The van der Waals surface area contributed by atoms with E-state index >= 15 is 0 Å². The smallest absolute Gasteiger partial charge is 0.321 e. The van der Waals surface area contributed by atoms with E-state index in [0.29, 0.717) is 31.6 Å². The molecule has 11 heteroatoms. The van der Waals surface area contributed by atoms with Gasteiger partial charge in [-0.25, -0.2) is 0 Å².